The Morgan fingerprint density at radius 1 is 1.09 bits per heavy atom. The molecule has 2 heterocycles. The lowest BCUT2D eigenvalue weighted by Gasteiger charge is -2.28. The lowest BCUT2D eigenvalue weighted by atomic mass is 9.75. The molecule has 168 valence electrons. The van der Waals surface area contributed by atoms with Crippen LogP contribution >= 0.6 is 0 Å². The van der Waals surface area contributed by atoms with Gasteiger partial charge in [0.2, 0.25) is 0 Å². The van der Waals surface area contributed by atoms with Crippen LogP contribution in [0, 0.1) is 0 Å². The SMILES string of the molecule is COc1ccc(C2CN(Cc3ccccc3)C[C@@]2(C)c2nn[nH]n2)cc1OC1CCCC1. The third kappa shape index (κ3) is 4.09. The van der Waals surface area contributed by atoms with Crippen LogP contribution in [0.5, 0.6) is 11.5 Å². The lowest BCUT2D eigenvalue weighted by Crippen LogP contribution is -2.32. The van der Waals surface area contributed by atoms with Crippen molar-refractivity contribution in [3.63, 3.8) is 0 Å². The predicted octanol–water partition coefficient (Wildman–Crippen LogP) is 4.09. The topological polar surface area (TPSA) is 76.2 Å². The Balaban J connectivity index is 1.46. The number of nitrogens with one attached hydrogen (secondary N) is 1. The first kappa shape index (κ1) is 20.9. The Bertz CT molecular complexity index is 1020. The van der Waals surface area contributed by atoms with E-state index < -0.39 is 0 Å². The number of aromatic nitrogens is 4. The van der Waals surface area contributed by atoms with Crippen LogP contribution in [-0.2, 0) is 12.0 Å². The van der Waals surface area contributed by atoms with Gasteiger partial charge in [-0.15, -0.1) is 10.2 Å². The summed E-state index contributed by atoms with van der Waals surface area (Å²) in [6.45, 7) is 4.91. The van der Waals surface area contributed by atoms with Gasteiger partial charge in [0.15, 0.2) is 17.3 Å². The van der Waals surface area contributed by atoms with Crippen molar-refractivity contribution in [3.8, 4) is 11.5 Å². The van der Waals surface area contributed by atoms with E-state index in [0.717, 1.165) is 49.8 Å². The average molecular weight is 434 g/mol. The van der Waals surface area contributed by atoms with E-state index in [0.29, 0.717) is 0 Å². The van der Waals surface area contributed by atoms with Gasteiger partial charge >= 0.3 is 0 Å². The smallest absolute Gasteiger partial charge is 0.182 e. The third-order valence-corrected chi connectivity index (χ3v) is 7.05. The zero-order valence-corrected chi connectivity index (χ0v) is 18.8. The van der Waals surface area contributed by atoms with E-state index in [-0.39, 0.29) is 17.4 Å². The highest BCUT2D eigenvalue weighted by atomic mass is 16.5. The molecule has 1 unspecified atom stereocenters. The number of aromatic amines is 1. The number of hydrogen-bond acceptors (Lipinski definition) is 6. The highest BCUT2D eigenvalue weighted by Crippen LogP contribution is 2.46. The summed E-state index contributed by atoms with van der Waals surface area (Å²) in [7, 11) is 1.71. The zero-order valence-electron chi connectivity index (χ0n) is 18.8. The molecular weight excluding hydrogens is 402 g/mol. The fourth-order valence-corrected chi connectivity index (χ4v) is 5.35. The van der Waals surface area contributed by atoms with Crippen LogP contribution in [0.3, 0.4) is 0 Å². The van der Waals surface area contributed by atoms with E-state index in [4.69, 9.17) is 9.47 Å². The van der Waals surface area contributed by atoms with Gasteiger partial charge in [-0.1, -0.05) is 48.5 Å². The molecule has 1 saturated carbocycles. The molecule has 2 aliphatic rings. The molecule has 1 aromatic heterocycles. The summed E-state index contributed by atoms with van der Waals surface area (Å²) in [5.74, 6) is 2.60. The van der Waals surface area contributed by atoms with E-state index in [1.807, 2.05) is 6.07 Å². The van der Waals surface area contributed by atoms with Gasteiger partial charge in [0, 0.05) is 25.6 Å². The lowest BCUT2D eigenvalue weighted by molar-refractivity contribution is 0.200. The van der Waals surface area contributed by atoms with Crippen molar-refractivity contribution in [1.82, 2.24) is 25.5 Å². The van der Waals surface area contributed by atoms with Crippen molar-refractivity contribution >= 4 is 0 Å². The highest BCUT2D eigenvalue weighted by Gasteiger charge is 2.48. The second-order valence-electron chi connectivity index (χ2n) is 9.30. The molecule has 1 saturated heterocycles. The van der Waals surface area contributed by atoms with Crippen LogP contribution in [-0.4, -0.2) is 51.8 Å². The second kappa shape index (κ2) is 8.90. The van der Waals surface area contributed by atoms with Crippen molar-refractivity contribution in [2.75, 3.05) is 20.2 Å². The molecular formula is C25H31N5O2. The molecule has 0 amide bonds. The maximum atomic E-state index is 6.39. The number of methoxy groups -OCH3 is 1. The van der Waals surface area contributed by atoms with Crippen LogP contribution in [0.4, 0.5) is 0 Å². The highest BCUT2D eigenvalue weighted by molar-refractivity contribution is 5.46. The Kier molecular flexibility index (Phi) is 5.83. The van der Waals surface area contributed by atoms with Crippen LogP contribution in [0.1, 0.15) is 55.5 Å². The van der Waals surface area contributed by atoms with Crippen LogP contribution < -0.4 is 9.47 Å². The maximum Gasteiger partial charge on any atom is 0.182 e. The Morgan fingerprint density at radius 2 is 1.91 bits per heavy atom. The summed E-state index contributed by atoms with van der Waals surface area (Å²) in [6, 6.07) is 17.0. The number of benzene rings is 2. The van der Waals surface area contributed by atoms with Gasteiger partial charge in [0.25, 0.3) is 0 Å². The fourth-order valence-electron chi connectivity index (χ4n) is 5.35. The summed E-state index contributed by atoms with van der Waals surface area (Å²) in [5, 5.41) is 15.3. The number of hydrogen-bond donors (Lipinski definition) is 1. The van der Waals surface area contributed by atoms with E-state index in [1.54, 1.807) is 7.11 Å². The Morgan fingerprint density at radius 3 is 2.62 bits per heavy atom. The number of likely N-dealkylation sites (tertiary alicyclic amines) is 1. The monoisotopic (exact) mass is 433 g/mol. The predicted molar refractivity (Wildman–Crippen MR) is 122 cm³/mol. The molecule has 2 aromatic carbocycles. The first-order valence-corrected chi connectivity index (χ1v) is 11.5. The molecule has 32 heavy (non-hydrogen) atoms. The van der Waals surface area contributed by atoms with E-state index in [1.165, 1.54) is 24.0 Å². The number of tetrazole rings is 1. The number of nitrogens with zero attached hydrogens (tertiary/aromatic N) is 4. The third-order valence-electron chi connectivity index (χ3n) is 7.05. The van der Waals surface area contributed by atoms with Crippen molar-refractivity contribution in [1.29, 1.82) is 0 Å². The first-order chi connectivity index (χ1) is 15.7. The second-order valence-corrected chi connectivity index (χ2v) is 9.30. The van der Waals surface area contributed by atoms with Gasteiger partial charge in [0.05, 0.1) is 18.6 Å². The van der Waals surface area contributed by atoms with Crippen molar-refractivity contribution in [3.05, 3.63) is 65.5 Å². The zero-order chi connectivity index (χ0) is 22.0. The fraction of sp³-hybridized carbons (Fsp3) is 0.480. The van der Waals surface area contributed by atoms with Crippen LogP contribution in [0.2, 0.25) is 0 Å². The summed E-state index contributed by atoms with van der Waals surface area (Å²) < 4.78 is 12.0. The number of H-pyrrole nitrogens is 1. The van der Waals surface area contributed by atoms with Crippen LogP contribution in [0.15, 0.2) is 48.5 Å². The van der Waals surface area contributed by atoms with Crippen molar-refractivity contribution < 1.29 is 9.47 Å². The number of ether oxygens (including phenoxy) is 2. The summed E-state index contributed by atoms with van der Waals surface area (Å²) >= 11 is 0. The minimum atomic E-state index is -0.263. The van der Waals surface area contributed by atoms with Gasteiger partial charge in [-0.25, -0.2) is 0 Å². The van der Waals surface area contributed by atoms with E-state index in [9.17, 15) is 0 Å². The Hall–Kier alpha value is -2.93. The van der Waals surface area contributed by atoms with Crippen molar-refractivity contribution in [2.45, 2.75) is 56.6 Å². The molecule has 7 heteroatoms. The summed E-state index contributed by atoms with van der Waals surface area (Å²) in [4.78, 5) is 2.48. The van der Waals surface area contributed by atoms with Gasteiger partial charge in [-0.05, 0) is 48.9 Å². The van der Waals surface area contributed by atoms with Gasteiger partial charge in [0.1, 0.15) is 0 Å². The Labute approximate surface area is 189 Å². The van der Waals surface area contributed by atoms with E-state index >= 15 is 0 Å². The molecule has 0 spiro atoms. The molecule has 1 aliphatic heterocycles. The molecule has 1 N–H and O–H groups in total. The van der Waals surface area contributed by atoms with Gasteiger partial charge in [-0.3, -0.25) is 4.90 Å². The molecule has 2 atom stereocenters. The quantitative estimate of drug-likeness (QED) is 0.605. The van der Waals surface area contributed by atoms with Crippen molar-refractivity contribution in [2.24, 2.45) is 0 Å². The average Bonchev–Trinajstić information content (AvgIpc) is 3.57. The van der Waals surface area contributed by atoms with Gasteiger partial charge in [-0.2, -0.15) is 5.21 Å². The first-order valence-electron chi connectivity index (χ1n) is 11.5. The molecule has 7 nitrogen and oxygen atoms in total. The largest absolute Gasteiger partial charge is 0.493 e. The molecule has 5 rings (SSSR count). The standard InChI is InChI=1S/C25H31N5O2/c1-25(24-26-28-29-27-24)17-30(15-18-8-4-3-5-9-18)16-21(25)19-12-13-22(31-2)23(14-19)32-20-10-6-7-11-20/h3-5,8-9,12-14,20-21H,6-7,10-11,15-17H2,1-2H3,(H,26,27,28,29)/t21?,25-/m1/s1. The van der Waals surface area contributed by atoms with Gasteiger partial charge < -0.3 is 9.47 Å². The van der Waals surface area contributed by atoms with Crippen LogP contribution in [0.25, 0.3) is 0 Å². The minimum absolute atomic E-state index is 0.209. The summed E-state index contributed by atoms with van der Waals surface area (Å²) in [5.41, 5.74) is 2.27. The van der Waals surface area contributed by atoms with E-state index in [2.05, 4.69) is 74.9 Å². The molecule has 0 bridgehead atoms. The molecule has 2 fully saturated rings. The summed E-state index contributed by atoms with van der Waals surface area (Å²) in [6.07, 6.45) is 4.98. The number of rotatable bonds is 7. The normalized spacial score (nSPS) is 24.1. The maximum absolute atomic E-state index is 6.39. The molecule has 1 aliphatic carbocycles. The molecule has 3 aromatic rings. The minimum Gasteiger partial charge on any atom is -0.493 e. The molecule has 0 radical (unpaired) electrons.